The smallest absolute Gasteiger partial charge is 0.239 e. The molecule has 2 rings (SSSR count). The third-order valence-corrected chi connectivity index (χ3v) is 3.68. The van der Waals surface area contributed by atoms with Crippen molar-refractivity contribution in [2.75, 3.05) is 30.3 Å². The van der Waals surface area contributed by atoms with E-state index in [-0.39, 0.29) is 30.4 Å². The first-order chi connectivity index (χ1) is 11.0. The third kappa shape index (κ3) is 5.90. The van der Waals surface area contributed by atoms with Gasteiger partial charge in [0.2, 0.25) is 11.8 Å². The Kier molecular flexibility index (Phi) is 6.40. The van der Waals surface area contributed by atoms with E-state index in [1.807, 2.05) is 38.1 Å². The van der Waals surface area contributed by atoms with Gasteiger partial charge in [-0.15, -0.1) is 0 Å². The fourth-order valence-electron chi connectivity index (χ4n) is 2.24. The van der Waals surface area contributed by atoms with Crippen LogP contribution in [0.1, 0.15) is 26.7 Å². The summed E-state index contributed by atoms with van der Waals surface area (Å²) in [5, 5.41) is 8.74. The SMILES string of the molecule is CC(C)C(=O)Nc1ccc(NCC(=O)NCC2CCCO2)cc1. The Labute approximate surface area is 137 Å². The molecule has 2 amide bonds. The van der Waals surface area contributed by atoms with Crippen molar-refractivity contribution in [2.45, 2.75) is 32.8 Å². The first-order valence-corrected chi connectivity index (χ1v) is 8.07. The maximum absolute atomic E-state index is 11.8. The van der Waals surface area contributed by atoms with Crippen molar-refractivity contribution in [1.29, 1.82) is 0 Å². The quantitative estimate of drug-likeness (QED) is 0.718. The maximum atomic E-state index is 11.8. The molecule has 126 valence electrons. The van der Waals surface area contributed by atoms with E-state index in [2.05, 4.69) is 16.0 Å². The molecule has 1 saturated heterocycles. The second-order valence-corrected chi connectivity index (χ2v) is 6.01. The Bertz CT molecular complexity index is 522. The van der Waals surface area contributed by atoms with Crippen molar-refractivity contribution in [3.8, 4) is 0 Å². The second-order valence-electron chi connectivity index (χ2n) is 6.01. The van der Waals surface area contributed by atoms with Crippen LogP contribution in [-0.2, 0) is 14.3 Å². The van der Waals surface area contributed by atoms with Crippen molar-refractivity contribution >= 4 is 23.2 Å². The topological polar surface area (TPSA) is 79.5 Å². The summed E-state index contributed by atoms with van der Waals surface area (Å²) in [4.78, 5) is 23.4. The molecule has 0 spiro atoms. The van der Waals surface area contributed by atoms with E-state index >= 15 is 0 Å². The first-order valence-electron chi connectivity index (χ1n) is 8.07. The number of benzene rings is 1. The molecule has 6 heteroatoms. The van der Waals surface area contributed by atoms with Crippen LogP contribution in [-0.4, -0.2) is 37.6 Å². The molecule has 6 nitrogen and oxygen atoms in total. The number of carbonyl (C=O) groups excluding carboxylic acids is 2. The van der Waals surface area contributed by atoms with Gasteiger partial charge in [-0.3, -0.25) is 9.59 Å². The van der Waals surface area contributed by atoms with Crippen LogP contribution in [0.15, 0.2) is 24.3 Å². The van der Waals surface area contributed by atoms with Crippen LogP contribution in [0.5, 0.6) is 0 Å². The van der Waals surface area contributed by atoms with E-state index in [1.54, 1.807) is 0 Å². The standard InChI is InChI=1S/C17H25N3O3/c1-12(2)17(22)20-14-7-5-13(6-8-14)18-11-16(21)19-10-15-4-3-9-23-15/h5-8,12,15,18H,3-4,9-11H2,1-2H3,(H,19,21)(H,20,22). The minimum Gasteiger partial charge on any atom is -0.376 e. The summed E-state index contributed by atoms with van der Waals surface area (Å²) in [6.07, 6.45) is 2.23. The molecule has 1 heterocycles. The average molecular weight is 319 g/mol. The number of rotatable bonds is 7. The fourth-order valence-corrected chi connectivity index (χ4v) is 2.24. The summed E-state index contributed by atoms with van der Waals surface area (Å²) in [6, 6.07) is 7.30. The molecule has 1 aromatic carbocycles. The first kappa shape index (κ1) is 17.3. The predicted octanol–water partition coefficient (Wildman–Crippen LogP) is 1.99. The van der Waals surface area contributed by atoms with Crippen LogP contribution in [0.2, 0.25) is 0 Å². The molecule has 1 unspecified atom stereocenters. The summed E-state index contributed by atoms with van der Waals surface area (Å²) in [5.74, 6) is -0.128. The average Bonchev–Trinajstić information content (AvgIpc) is 3.05. The zero-order valence-corrected chi connectivity index (χ0v) is 13.7. The lowest BCUT2D eigenvalue weighted by molar-refractivity contribution is -0.120. The van der Waals surface area contributed by atoms with E-state index in [1.165, 1.54) is 0 Å². The molecule has 0 bridgehead atoms. The van der Waals surface area contributed by atoms with Gasteiger partial charge in [0.1, 0.15) is 0 Å². The Morgan fingerprint density at radius 2 is 1.91 bits per heavy atom. The van der Waals surface area contributed by atoms with E-state index in [0.717, 1.165) is 30.8 Å². The molecule has 1 aliphatic rings. The number of anilines is 2. The largest absolute Gasteiger partial charge is 0.376 e. The van der Waals surface area contributed by atoms with Crippen molar-refractivity contribution < 1.29 is 14.3 Å². The van der Waals surface area contributed by atoms with Gasteiger partial charge in [-0.2, -0.15) is 0 Å². The number of nitrogens with one attached hydrogen (secondary N) is 3. The fraction of sp³-hybridized carbons (Fsp3) is 0.529. The molecule has 3 N–H and O–H groups in total. The summed E-state index contributed by atoms with van der Waals surface area (Å²) in [6.45, 7) is 5.27. The van der Waals surface area contributed by atoms with Crippen LogP contribution in [0.25, 0.3) is 0 Å². The van der Waals surface area contributed by atoms with Gasteiger partial charge in [0.05, 0.1) is 12.6 Å². The molecular weight excluding hydrogens is 294 g/mol. The minimum atomic E-state index is -0.0577. The monoisotopic (exact) mass is 319 g/mol. The molecule has 0 saturated carbocycles. The molecule has 1 atom stereocenters. The Hall–Kier alpha value is -2.08. The Balaban J connectivity index is 1.70. The number of amides is 2. The minimum absolute atomic E-state index is 0.0146. The molecule has 0 aliphatic carbocycles. The van der Waals surface area contributed by atoms with Gasteiger partial charge in [0.15, 0.2) is 0 Å². The van der Waals surface area contributed by atoms with E-state index in [0.29, 0.717) is 6.54 Å². The highest BCUT2D eigenvalue weighted by Gasteiger charge is 2.15. The van der Waals surface area contributed by atoms with Crippen LogP contribution >= 0.6 is 0 Å². The van der Waals surface area contributed by atoms with Gasteiger partial charge in [-0.05, 0) is 37.1 Å². The lowest BCUT2D eigenvalue weighted by Crippen LogP contribution is -2.35. The third-order valence-electron chi connectivity index (χ3n) is 3.68. The zero-order chi connectivity index (χ0) is 16.7. The molecule has 23 heavy (non-hydrogen) atoms. The number of hydrogen-bond donors (Lipinski definition) is 3. The number of hydrogen-bond acceptors (Lipinski definition) is 4. The van der Waals surface area contributed by atoms with E-state index < -0.39 is 0 Å². The summed E-state index contributed by atoms with van der Waals surface area (Å²) in [7, 11) is 0. The van der Waals surface area contributed by atoms with Crippen molar-refractivity contribution in [3.05, 3.63) is 24.3 Å². The molecule has 1 aliphatic heterocycles. The molecular formula is C17H25N3O3. The zero-order valence-electron chi connectivity index (χ0n) is 13.7. The van der Waals surface area contributed by atoms with Crippen LogP contribution in [0, 0.1) is 5.92 Å². The molecule has 1 fully saturated rings. The van der Waals surface area contributed by atoms with Gasteiger partial charge in [0.25, 0.3) is 0 Å². The Morgan fingerprint density at radius 3 is 2.52 bits per heavy atom. The highest BCUT2D eigenvalue weighted by molar-refractivity contribution is 5.92. The van der Waals surface area contributed by atoms with Gasteiger partial charge < -0.3 is 20.7 Å². The van der Waals surface area contributed by atoms with Crippen LogP contribution in [0.4, 0.5) is 11.4 Å². The van der Waals surface area contributed by atoms with E-state index in [4.69, 9.17) is 4.74 Å². The van der Waals surface area contributed by atoms with Crippen molar-refractivity contribution in [2.24, 2.45) is 5.92 Å². The van der Waals surface area contributed by atoms with Gasteiger partial charge in [-0.25, -0.2) is 0 Å². The van der Waals surface area contributed by atoms with Gasteiger partial charge >= 0.3 is 0 Å². The molecule has 0 radical (unpaired) electrons. The lowest BCUT2D eigenvalue weighted by Gasteiger charge is -2.12. The Morgan fingerprint density at radius 1 is 1.22 bits per heavy atom. The number of carbonyl (C=O) groups is 2. The number of ether oxygens (including phenoxy) is 1. The normalized spacial score (nSPS) is 17.1. The predicted molar refractivity (Wildman–Crippen MR) is 90.4 cm³/mol. The summed E-state index contributed by atoms with van der Waals surface area (Å²) >= 11 is 0. The second kappa shape index (κ2) is 8.53. The summed E-state index contributed by atoms with van der Waals surface area (Å²) in [5.41, 5.74) is 1.58. The van der Waals surface area contributed by atoms with Crippen molar-refractivity contribution in [1.82, 2.24) is 5.32 Å². The van der Waals surface area contributed by atoms with Crippen LogP contribution in [0.3, 0.4) is 0 Å². The highest BCUT2D eigenvalue weighted by Crippen LogP contribution is 2.14. The summed E-state index contributed by atoms with van der Waals surface area (Å²) < 4.78 is 5.46. The van der Waals surface area contributed by atoms with Gasteiger partial charge in [-0.1, -0.05) is 13.8 Å². The maximum Gasteiger partial charge on any atom is 0.239 e. The van der Waals surface area contributed by atoms with E-state index in [9.17, 15) is 9.59 Å². The van der Waals surface area contributed by atoms with Crippen LogP contribution < -0.4 is 16.0 Å². The van der Waals surface area contributed by atoms with Gasteiger partial charge in [0, 0.05) is 30.4 Å². The highest BCUT2D eigenvalue weighted by atomic mass is 16.5. The lowest BCUT2D eigenvalue weighted by atomic mass is 10.2. The van der Waals surface area contributed by atoms with Crippen molar-refractivity contribution in [3.63, 3.8) is 0 Å². The molecule has 1 aromatic rings. The molecule has 0 aromatic heterocycles.